The molecule has 18 heavy (non-hydrogen) atoms. The molecule has 1 aromatic carbocycles. The van der Waals surface area contributed by atoms with Crippen LogP contribution in [-0.4, -0.2) is 9.36 Å². The Kier molecular flexibility index (Phi) is 3.86. The summed E-state index contributed by atoms with van der Waals surface area (Å²) in [4.78, 5) is 4.26. The summed E-state index contributed by atoms with van der Waals surface area (Å²) < 4.78 is 30.5. The van der Waals surface area contributed by atoms with Crippen molar-refractivity contribution in [2.45, 2.75) is 26.3 Å². The predicted molar refractivity (Wildman–Crippen MR) is 67.7 cm³/mol. The number of halogens is 2. The Bertz CT molecular complexity index is 540. The van der Waals surface area contributed by atoms with Crippen LogP contribution in [0.15, 0.2) is 18.2 Å². The van der Waals surface area contributed by atoms with Gasteiger partial charge in [0.15, 0.2) is 0 Å². The first-order valence-corrected chi connectivity index (χ1v) is 6.35. The van der Waals surface area contributed by atoms with Crippen LogP contribution in [0.4, 0.5) is 13.9 Å². The number of anilines is 1. The zero-order valence-electron chi connectivity index (χ0n) is 10.1. The first-order chi connectivity index (χ1) is 8.56. The van der Waals surface area contributed by atoms with Gasteiger partial charge in [-0.05, 0) is 18.2 Å². The minimum absolute atomic E-state index is 0.191. The number of nitrogens with one attached hydrogen (secondary N) is 1. The lowest BCUT2D eigenvalue weighted by Crippen LogP contribution is -2.02. The van der Waals surface area contributed by atoms with Gasteiger partial charge in [0.1, 0.15) is 17.5 Å². The SMILES string of the molecule is CC(C)c1nsc(NCc2cc(F)ccc2F)n1. The van der Waals surface area contributed by atoms with Crippen LogP contribution in [0.2, 0.25) is 0 Å². The lowest BCUT2D eigenvalue weighted by atomic mass is 10.2. The molecular formula is C12H13F2N3S. The normalized spacial score (nSPS) is 10.9. The molecule has 0 bridgehead atoms. The van der Waals surface area contributed by atoms with Crippen LogP contribution in [0.5, 0.6) is 0 Å². The highest BCUT2D eigenvalue weighted by Crippen LogP contribution is 2.18. The smallest absolute Gasteiger partial charge is 0.202 e. The Labute approximate surface area is 108 Å². The van der Waals surface area contributed by atoms with Crippen molar-refractivity contribution in [1.82, 2.24) is 9.36 Å². The Morgan fingerprint density at radius 1 is 1.33 bits per heavy atom. The molecule has 96 valence electrons. The van der Waals surface area contributed by atoms with Gasteiger partial charge in [-0.1, -0.05) is 13.8 Å². The Hall–Kier alpha value is -1.56. The fraction of sp³-hybridized carbons (Fsp3) is 0.333. The molecule has 0 unspecified atom stereocenters. The van der Waals surface area contributed by atoms with Crippen molar-refractivity contribution in [2.75, 3.05) is 5.32 Å². The van der Waals surface area contributed by atoms with Crippen LogP contribution < -0.4 is 5.32 Å². The van der Waals surface area contributed by atoms with Gasteiger partial charge in [-0.3, -0.25) is 0 Å². The van der Waals surface area contributed by atoms with E-state index >= 15 is 0 Å². The second-order valence-corrected chi connectivity index (χ2v) is 4.95. The molecule has 2 rings (SSSR count). The molecular weight excluding hydrogens is 256 g/mol. The molecule has 0 saturated heterocycles. The third-order valence-corrected chi connectivity index (χ3v) is 3.08. The van der Waals surface area contributed by atoms with Crippen molar-refractivity contribution in [2.24, 2.45) is 0 Å². The third kappa shape index (κ3) is 3.01. The van der Waals surface area contributed by atoms with Gasteiger partial charge in [0, 0.05) is 29.6 Å². The molecule has 0 aliphatic heterocycles. The average molecular weight is 269 g/mol. The highest BCUT2D eigenvalue weighted by molar-refractivity contribution is 7.09. The molecule has 0 fully saturated rings. The van der Waals surface area contributed by atoms with Crippen molar-refractivity contribution in [3.63, 3.8) is 0 Å². The van der Waals surface area contributed by atoms with Crippen molar-refractivity contribution < 1.29 is 8.78 Å². The maximum absolute atomic E-state index is 13.4. The van der Waals surface area contributed by atoms with E-state index in [1.165, 1.54) is 17.6 Å². The number of benzene rings is 1. The number of rotatable bonds is 4. The average Bonchev–Trinajstić information content (AvgIpc) is 2.79. The first kappa shape index (κ1) is 12.9. The molecule has 6 heteroatoms. The lowest BCUT2D eigenvalue weighted by molar-refractivity contribution is 0.587. The van der Waals surface area contributed by atoms with Gasteiger partial charge in [0.25, 0.3) is 0 Å². The fourth-order valence-electron chi connectivity index (χ4n) is 1.39. The number of aromatic nitrogens is 2. The molecule has 0 atom stereocenters. The number of hydrogen-bond donors (Lipinski definition) is 1. The molecule has 1 aromatic heterocycles. The van der Waals surface area contributed by atoms with Crippen LogP contribution in [0.3, 0.4) is 0 Å². The van der Waals surface area contributed by atoms with Crippen LogP contribution in [0.25, 0.3) is 0 Å². The largest absolute Gasteiger partial charge is 0.356 e. The summed E-state index contributed by atoms with van der Waals surface area (Å²) >= 11 is 1.22. The van der Waals surface area contributed by atoms with Gasteiger partial charge in [-0.15, -0.1) is 0 Å². The van der Waals surface area contributed by atoms with Crippen molar-refractivity contribution in [3.05, 3.63) is 41.2 Å². The number of nitrogens with zero attached hydrogens (tertiary/aromatic N) is 2. The Morgan fingerprint density at radius 3 is 2.78 bits per heavy atom. The van der Waals surface area contributed by atoms with Crippen molar-refractivity contribution in [1.29, 1.82) is 0 Å². The van der Waals surface area contributed by atoms with Gasteiger partial charge >= 0.3 is 0 Å². The monoisotopic (exact) mass is 269 g/mol. The van der Waals surface area contributed by atoms with E-state index in [0.29, 0.717) is 5.13 Å². The van der Waals surface area contributed by atoms with E-state index in [1.807, 2.05) is 13.8 Å². The quantitative estimate of drug-likeness (QED) is 0.922. The minimum atomic E-state index is -0.451. The van der Waals surface area contributed by atoms with E-state index in [4.69, 9.17) is 0 Å². The highest BCUT2D eigenvalue weighted by Gasteiger charge is 2.08. The summed E-state index contributed by atoms with van der Waals surface area (Å²) in [6, 6.07) is 3.39. The van der Waals surface area contributed by atoms with E-state index in [0.717, 1.165) is 18.0 Å². The van der Waals surface area contributed by atoms with Gasteiger partial charge < -0.3 is 5.32 Å². The van der Waals surface area contributed by atoms with E-state index in [9.17, 15) is 8.78 Å². The second-order valence-electron chi connectivity index (χ2n) is 4.20. The van der Waals surface area contributed by atoms with Crippen LogP contribution in [0, 0.1) is 11.6 Å². The summed E-state index contributed by atoms with van der Waals surface area (Å²) in [6.45, 7) is 4.19. The van der Waals surface area contributed by atoms with E-state index in [-0.39, 0.29) is 18.0 Å². The van der Waals surface area contributed by atoms with Gasteiger partial charge in [0.2, 0.25) is 5.13 Å². The molecule has 0 spiro atoms. The maximum Gasteiger partial charge on any atom is 0.202 e. The molecule has 0 radical (unpaired) electrons. The zero-order valence-corrected chi connectivity index (χ0v) is 10.9. The van der Waals surface area contributed by atoms with Gasteiger partial charge in [0.05, 0.1) is 0 Å². The molecule has 3 nitrogen and oxygen atoms in total. The van der Waals surface area contributed by atoms with Crippen LogP contribution in [-0.2, 0) is 6.54 Å². The van der Waals surface area contributed by atoms with E-state index in [2.05, 4.69) is 14.7 Å². The van der Waals surface area contributed by atoms with Crippen molar-refractivity contribution >= 4 is 16.7 Å². The third-order valence-electron chi connectivity index (χ3n) is 2.40. The molecule has 0 aliphatic rings. The first-order valence-electron chi connectivity index (χ1n) is 5.57. The fourth-order valence-corrected chi connectivity index (χ4v) is 2.09. The number of hydrogen-bond acceptors (Lipinski definition) is 4. The molecule has 0 amide bonds. The zero-order chi connectivity index (χ0) is 13.1. The van der Waals surface area contributed by atoms with Gasteiger partial charge in [-0.2, -0.15) is 4.37 Å². The molecule has 1 heterocycles. The van der Waals surface area contributed by atoms with Crippen LogP contribution in [0.1, 0.15) is 31.2 Å². The standard InChI is InChI=1S/C12H13F2N3S/c1-7(2)11-16-12(18-17-11)15-6-8-5-9(13)3-4-10(8)14/h3-5,7H,6H2,1-2H3,(H,15,16,17). The Balaban J connectivity index is 2.04. The molecule has 2 aromatic rings. The maximum atomic E-state index is 13.4. The summed E-state index contributed by atoms with van der Waals surface area (Å²) in [6.07, 6.45) is 0. The minimum Gasteiger partial charge on any atom is -0.356 e. The summed E-state index contributed by atoms with van der Waals surface area (Å²) in [5, 5.41) is 3.56. The predicted octanol–water partition coefficient (Wildman–Crippen LogP) is 3.55. The molecule has 0 aliphatic carbocycles. The molecule has 0 saturated carbocycles. The topological polar surface area (TPSA) is 37.8 Å². The van der Waals surface area contributed by atoms with E-state index in [1.54, 1.807) is 0 Å². The molecule has 1 N–H and O–H groups in total. The summed E-state index contributed by atoms with van der Waals surface area (Å²) in [7, 11) is 0. The van der Waals surface area contributed by atoms with Gasteiger partial charge in [-0.25, -0.2) is 13.8 Å². The second kappa shape index (κ2) is 5.39. The van der Waals surface area contributed by atoms with Crippen molar-refractivity contribution in [3.8, 4) is 0 Å². The van der Waals surface area contributed by atoms with Crippen LogP contribution >= 0.6 is 11.5 Å². The summed E-state index contributed by atoms with van der Waals surface area (Å²) in [5.41, 5.74) is 0.274. The highest BCUT2D eigenvalue weighted by atomic mass is 32.1. The Morgan fingerprint density at radius 2 is 2.11 bits per heavy atom. The van der Waals surface area contributed by atoms with E-state index < -0.39 is 11.6 Å². The lowest BCUT2D eigenvalue weighted by Gasteiger charge is -2.04. The summed E-state index contributed by atoms with van der Waals surface area (Å²) in [5.74, 6) is 0.121.